The molecule has 0 atom stereocenters. The molecule has 1 amide bonds. The average molecular weight is 488 g/mol. The maximum Gasteiger partial charge on any atom is 0.264 e. The first-order valence-electron chi connectivity index (χ1n) is 9.43. The van der Waals surface area contributed by atoms with Gasteiger partial charge in [-0.15, -0.1) is 0 Å². The molecule has 1 aliphatic heterocycles. The second-order valence-electron chi connectivity index (χ2n) is 8.03. The Hall–Kier alpha value is -2.07. The van der Waals surface area contributed by atoms with Gasteiger partial charge in [0, 0.05) is 31.8 Å². The Bertz CT molecular complexity index is 1110. The van der Waals surface area contributed by atoms with Crippen molar-refractivity contribution in [1.82, 2.24) is 9.88 Å². The molecule has 0 saturated carbocycles. The van der Waals surface area contributed by atoms with Gasteiger partial charge in [-0.2, -0.15) is 0 Å². The van der Waals surface area contributed by atoms with E-state index in [1.165, 1.54) is 35.4 Å². The van der Waals surface area contributed by atoms with Crippen molar-refractivity contribution in [3.8, 4) is 5.88 Å². The standard InChI is InChI=1S/C20H23Cl2N3O5S/c1-20(2,12-26)11-24(3)19(27)13-8-17-18(23-10-13)30-7-6-25(17)31(28,29)14-4-5-15(21)16(22)9-14/h4-5,8-10,26H,6-7,11-12H2,1-3H3. The summed E-state index contributed by atoms with van der Waals surface area (Å²) in [6.07, 6.45) is 1.35. The van der Waals surface area contributed by atoms with Crippen LogP contribution in [0.5, 0.6) is 5.88 Å². The van der Waals surface area contributed by atoms with E-state index >= 15 is 0 Å². The summed E-state index contributed by atoms with van der Waals surface area (Å²) in [6, 6.07) is 5.50. The Morgan fingerprint density at radius 3 is 2.65 bits per heavy atom. The maximum atomic E-state index is 13.3. The van der Waals surface area contributed by atoms with Gasteiger partial charge in [-0.3, -0.25) is 9.10 Å². The first-order chi connectivity index (χ1) is 14.5. The number of hydrogen-bond acceptors (Lipinski definition) is 6. The smallest absolute Gasteiger partial charge is 0.264 e. The summed E-state index contributed by atoms with van der Waals surface area (Å²) in [5.74, 6) is -0.237. The van der Waals surface area contributed by atoms with Gasteiger partial charge in [0.2, 0.25) is 5.88 Å². The fourth-order valence-electron chi connectivity index (χ4n) is 3.19. The Balaban J connectivity index is 1.97. The normalized spacial score (nSPS) is 14.1. The average Bonchev–Trinajstić information content (AvgIpc) is 2.73. The first kappa shape index (κ1) is 23.6. The van der Waals surface area contributed by atoms with Crippen LogP contribution in [0.15, 0.2) is 35.4 Å². The summed E-state index contributed by atoms with van der Waals surface area (Å²) in [7, 11) is -2.39. The minimum Gasteiger partial charge on any atom is -0.474 e. The van der Waals surface area contributed by atoms with Crippen LogP contribution in [0, 0.1) is 5.41 Å². The van der Waals surface area contributed by atoms with Gasteiger partial charge in [-0.25, -0.2) is 13.4 Å². The molecule has 31 heavy (non-hydrogen) atoms. The lowest BCUT2D eigenvalue weighted by molar-refractivity contribution is 0.0663. The molecule has 1 aliphatic rings. The highest BCUT2D eigenvalue weighted by Gasteiger charge is 2.33. The van der Waals surface area contributed by atoms with Gasteiger partial charge < -0.3 is 14.7 Å². The highest BCUT2D eigenvalue weighted by molar-refractivity contribution is 7.92. The molecule has 1 N–H and O–H groups in total. The van der Waals surface area contributed by atoms with Crippen molar-refractivity contribution in [2.24, 2.45) is 5.41 Å². The van der Waals surface area contributed by atoms with E-state index in [9.17, 15) is 18.3 Å². The van der Waals surface area contributed by atoms with Crippen molar-refractivity contribution in [1.29, 1.82) is 0 Å². The van der Waals surface area contributed by atoms with E-state index in [0.29, 0.717) is 6.54 Å². The highest BCUT2D eigenvalue weighted by Crippen LogP contribution is 2.36. The summed E-state index contributed by atoms with van der Waals surface area (Å²) < 4.78 is 33.2. The van der Waals surface area contributed by atoms with Crippen LogP contribution in [0.4, 0.5) is 5.69 Å². The topological polar surface area (TPSA) is 100 Å². The fourth-order valence-corrected chi connectivity index (χ4v) is 5.02. The molecule has 0 fully saturated rings. The number of aliphatic hydroxyl groups is 1. The third kappa shape index (κ3) is 4.90. The first-order valence-corrected chi connectivity index (χ1v) is 11.6. The van der Waals surface area contributed by atoms with Crippen molar-refractivity contribution >= 4 is 44.8 Å². The molecular weight excluding hydrogens is 465 g/mol. The molecule has 8 nitrogen and oxygen atoms in total. The zero-order valence-corrected chi connectivity index (χ0v) is 19.6. The van der Waals surface area contributed by atoms with E-state index in [2.05, 4.69) is 4.98 Å². The third-order valence-corrected chi connectivity index (χ3v) is 7.35. The zero-order valence-electron chi connectivity index (χ0n) is 17.3. The monoisotopic (exact) mass is 487 g/mol. The minimum absolute atomic E-state index is 0.0340. The maximum absolute atomic E-state index is 13.3. The van der Waals surface area contributed by atoms with Crippen LogP contribution in [-0.2, 0) is 10.0 Å². The van der Waals surface area contributed by atoms with Crippen molar-refractivity contribution in [2.75, 3.05) is 37.7 Å². The van der Waals surface area contributed by atoms with Crippen LogP contribution in [0.25, 0.3) is 0 Å². The van der Waals surface area contributed by atoms with Gasteiger partial charge in [-0.05, 0) is 24.3 Å². The van der Waals surface area contributed by atoms with E-state index in [0.717, 1.165) is 4.31 Å². The second-order valence-corrected chi connectivity index (χ2v) is 10.7. The number of aliphatic hydroxyl groups excluding tert-OH is 1. The number of hydrogen-bond donors (Lipinski definition) is 1. The van der Waals surface area contributed by atoms with Gasteiger partial charge in [-0.1, -0.05) is 37.0 Å². The Labute approximate surface area is 191 Å². The minimum atomic E-state index is -4.00. The van der Waals surface area contributed by atoms with Crippen LogP contribution in [0.2, 0.25) is 10.0 Å². The number of carbonyl (C=O) groups is 1. The molecule has 0 unspecified atom stereocenters. The fraction of sp³-hybridized carbons (Fsp3) is 0.400. The molecule has 0 spiro atoms. The third-order valence-electron chi connectivity index (χ3n) is 4.80. The summed E-state index contributed by atoms with van der Waals surface area (Å²) in [5, 5.41) is 9.82. The summed E-state index contributed by atoms with van der Waals surface area (Å²) >= 11 is 11.9. The molecular formula is C20H23Cl2N3O5S. The van der Waals surface area contributed by atoms with E-state index in [1.807, 2.05) is 13.8 Å². The van der Waals surface area contributed by atoms with Gasteiger partial charge in [0.1, 0.15) is 12.3 Å². The molecule has 1 aromatic carbocycles. The van der Waals surface area contributed by atoms with Crippen LogP contribution in [0.1, 0.15) is 24.2 Å². The number of amides is 1. The van der Waals surface area contributed by atoms with E-state index in [1.54, 1.807) is 7.05 Å². The van der Waals surface area contributed by atoms with Crippen molar-refractivity contribution in [2.45, 2.75) is 18.7 Å². The van der Waals surface area contributed by atoms with Crippen molar-refractivity contribution in [3.63, 3.8) is 0 Å². The molecule has 3 rings (SSSR count). The van der Waals surface area contributed by atoms with Crippen LogP contribution in [0.3, 0.4) is 0 Å². The Kier molecular flexibility index (Phi) is 6.71. The molecule has 0 radical (unpaired) electrons. The van der Waals surface area contributed by atoms with Gasteiger partial charge >= 0.3 is 0 Å². The predicted molar refractivity (Wildman–Crippen MR) is 119 cm³/mol. The van der Waals surface area contributed by atoms with Crippen LogP contribution >= 0.6 is 23.2 Å². The van der Waals surface area contributed by atoms with Gasteiger partial charge in [0.25, 0.3) is 15.9 Å². The lowest BCUT2D eigenvalue weighted by atomic mass is 9.94. The SMILES string of the molecule is CN(CC(C)(C)CO)C(=O)c1cnc2c(c1)N(S(=O)(=O)c1ccc(Cl)c(Cl)c1)CCO2. The number of aromatic nitrogens is 1. The van der Waals surface area contributed by atoms with E-state index < -0.39 is 15.4 Å². The van der Waals surface area contributed by atoms with E-state index in [4.69, 9.17) is 27.9 Å². The molecule has 168 valence electrons. The van der Waals surface area contributed by atoms with Crippen molar-refractivity contribution in [3.05, 3.63) is 46.1 Å². The van der Waals surface area contributed by atoms with Crippen molar-refractivity contribution < 1.29 is 23.1 Å². The molecule has 0 bridgehead atoms. The number of halogens is 2. The molecule has 0 aliphatic carbocycles. The number of fused-ring (bicyclic) bond motifs is 1. The largest absolute Gasteiger partial charge is 0.474 e. The predicted octanol–water partition coefficient (Wildman–Crippen LogP) is 3.07. The molecule has 11 heteroatoms. The summed E-state index contributed by atoms with van der Waals surface area (Å²) in [5.41, 5.74) is -0.119. The summed E-state index contributed by atoms with van der Waals surface area (Å²) in [4.78, 5) is 18.5. The molecule has 2 heterocycles. The zero-order chi connectivity index (χ0) is 23.0. The van der Waals surface area contributed by atoms with Gasteiger partial charge in [0.15, 0.2) is 0 Å². The number of benzene rings is 1. The van der Waals surface area contributed by atoms with Crippen LogP contribution < -0.4 is 9.04 Å². The number of pyridine rings is 1. The number of ether oxygens (including phenoxy) is 1. The quantitative estimate of drug-likeness (QED) is 0.671. The Morgan fingerprint density at radius 2 is 2.00 bits per heavy atom. The van der Waals surface area contributed by atoms with E-state index in [-0.39, 0.29) is 57.7 Å². The van der Waals surface area contributed by atoms with Gasteiger partial charge in [0.05, 0.1) is 27.0 Å². The molecule has 2 aromatic rings. The number of rotatable bonds is 6. The molecule has 1 aromatic heterocycles. The highest BCUT2D eigenvalue weighted by atomic mass is 35.5. The molecule has 0 saturated heterocycles. The number of anilines is 1. The van der Waals surface area contributed by atoms with Crippen LogP contribution in [-0.4, -0.2) is 62.7 Å². The number of sulfonamides is 1. The lowest BCUT2D eigenvalue weighted by Crippen LogP contribution is -2.39. The Morgan fingerprint density at radius 1 is 1.29 bits per heavy atom. The lowest BCUT2D eigenvalue weighted by Gasteiger charge is -2.31. The second kappa shape index (κ2) is 8.82. The number of nitrogens with zero attached hydrogens (tertiary/aromatic N) is 3. The summed E-state index contributed by atoms with van der Waals surface area (Å²) in [6.45, 7) is 4.04. The number of carbonyl (C=O) groups excluding carboxylic acids is 1.